The maximum absolute atomic E-state index is 12.5. The summed E-state index contributed by atoms with van der Waals surface area (Å²) in [6.07, 6.45) is 2.31. The van der Waals surface area contributed by atoms with Gasteiger partial charge in [-0.15, -0.1) is 24.0 Å². The lowest BCUT2D eigenvalue weighted by atomic mass is 10.2. The van der Waals surface area contributed by atoms with E-state index < -0.39 is 11.7 Å². The third-order valence-electron chi connectivity index (χ3n) is 3.34. The Balaban J connectivity index is 0.00000312. The Morgan fingerprint density at radius 3 is 2.64 bits per heavy atom. The van der Waals surface area contributed by atoms with Gasteiger partial charge in [0.2, 0.25) is 5.88 Å². The quantitative estimate of drug-likeness (QED) is 0.218. The van der Waals surface area contributed by atoms with Crippen molar-refractivity contribution in [1.29, 1.82) is 0 Å². The van der Waals surface area contributed by atoms with Crippen LogP contribution in [0.4, 0.5) is 13.2 Å². The summed E-state index contributed by atoms with van der Waals surface area (Å²) in [5.41, 5.74) is -0.909. The number of alkyl halides is 3. The molecule has 5 nitrogen and oxygen atoms in total. The van der Waals surface area contributed by atoms with Gasteiger partial charge in [0, 0.05) is 19.3 Å². The fraction of sp³-hybridized carbons (Fsp3) is 0.467. The second-order valence-electron chi connectivity index (χ2n) is 5.14. The number of halogens is 5. The van der Waals surface area contributed by atoms with E-state index in [2.05, 4.69) is 32.8 Å². The number of nitrogens with one attached hydrogen (secondary N) is 2. The van der Waals surface area contributed by atoms with E-state index in [1.165, 1.54) is 0 Å². The third kappa shape index (κ3) is 6.89. The molecule has 0 amide bonds. The van der Waals surface area contributed by atoms with Crippen LogP contribution in [0.3, 0.4) is 0 Å². The lowest BCUT2D eigenvalue weighted by Gasteiger charge is -2.17. The molecule has 0 saturated heterocycles. The maximum atomic E-state index is 12.5. The van der Waals surface area contributed by atoms with Crippen LogP contribution in [0.25, 0.3) is 0 Å². The molecule has 1 aliphatic rings. The summed E-state index contributed by atoms with van der Waals surface area (Å²) in [5, 5.41) is 6.13. The van der Waals surface area contributed by atoms with Gasteiger partial charge in [-0.2, -0.15) is 13.2 Å². The summed E-state index contributed by atoms with van der Waals surface area (Å²) in [7, 11) is 1.66. The van der Waals surface area contributed by atoms with Gasteiger partial charge in [0.15, 0.2) is 5.96 Å². The van der Waals surface area contributed by atoms with E-state index in [9.17, 15) is 13.2 Å². The van der Waals surface area contributed by atoms with Crippen molar-refractivity contribution in [1.82, 2.24) is 15.6 Å². The summed E-state index contributed by atoms with van der Waals surface area (Å²) in [6, 6.07) is 1.12. The predicted octanol–water partition coefficient (Wildman–Crippen LogP) is 3.63. The lowest BCUT2D eigenvalue weighted by molar-refractivity contribution is -0.137. The number of aliphatic imine (C=N–C) groups is 1. The largest absolute Gasteiger partial charge is 0.475 e. The van der Waals surface area contributed by atoms with Crippen molar-refractivity contribution in [3.05, 3.63) is 35.0 Å². The highest BCUT2D eigenvalue weighted by molar-refractivity contribution is 14.0. The molecule has 140 valence electrons. The van der Waals surface area contributed by atoms with Crippen LogP contribution in [-0.2, 0) is 6.18 Å². The number of ether oxygens (including phenoxy) is 1. The van der Waals surface area contributed by atoms with Gasteiger partial charge in [-0.3, -0.25) is 4.99 Å². The molecule has 25 heavy (non-hydrogen) atoms. The van der Waals surface area contributed by atoms with E-state index in [1.54, 1.807) is 7.05 Å². The fourth-order valence-corrected chi connectivity index (χ4v) is 2.35. The Hall–Kier alpha value is -1.23. The monoisotopic (exact) mass is 490 g/mol. The molecule has 1 heterocycles. The van der Waals surface area contributed by atoms with E-state index in [0.29, 0.717) is 24.7 Å². The fourth-order valence-electron chi connectivity index (χ4n) is 2.13. The molecule has 1 aromatic heterocycles. The van der Waals surface area contributed by atoms with Crippen LogP contribution in [0.5, 0.6) is 5.88 Å². The van der Waals surface area contributed by atoms with Gasteiger partial charge in [-0.25, -0.2) is 4.98 Å². The maximum Gasteiger partial charge on any atom is 0.417 e. The topological polar surface area (TPSA) is 58.5 Å². The molecule has 0 unspecified atom stereocenters. The molecule has 2 N–H and O–H groups in total. The number of hydrogen-bond acceptors (Lipinski definition) is 3. The Morgan fingerprint density at radius 1 is 1.40 bits per heavy atom. The molecule has 1 aliphatic carbocycles. The first-order chi connectivity index (χ1) is 11.4. The standard InChI is InChI=1S/C15H18ClF3N4O.HI/c1-20-14(23-11-4-2-3-5-11)21-6-7-24-13-12(16)8-10(9-22-13)15(17,18)19;/h2-3,8-9,11H,4-7H2,1H3,(H2,20,21,23);1H. The van der Waals surface area contributed by atoms with Crippen molar-refractivity contribution >= 4 is 41.5 Å². The SMILES string of the molecule is CN=C(NCCOc1ncc(C(F)(F)F)cc1Cl)NC1CC=CC1.I. The molecule has 0 radical (unpaired) electrons. The van der Waals surface area contributed by atoms with Crippen LogP contribution in [0.15, 0.2) is 29.4 Å². The third-order valence-corrected chi connectivity index (χ3v) is 3.61. The number of nitrogens with zero attached hydrogens (tertiary/aromatic N) is 2. The van der Waals surface area contributed by atoms with Crippen LogP contribution in [0.2, 0.25) is 5.02 Å². The molecule has 0 aromatic carbocycles. The first-order valence-electron chi connectivity index (χ1n) is 7.38. The summed E-state index contributed by atoms with van der Waals surface area (Å²) in [4.78, 5) is 7.71. The summed E-state index contributed by atoms with van der Waals surface area (Å²) >= 11 is 5.77. The molecule has 0 spiro atoms. The number of hydrogen-bond donors (Lipinski definition) is 2. The lowest BCUT2D eigenvalue weighted by Crippen LogP contribution is -2.43. The van der Waals surface area contributed by atoms with Crippen molar-refractivity contribution in [3.63, 3.8) is 0 Å². The second kappa shape index (κ2) is 10.0. The zero-order valence-corrected chi connectivity index (χ0v) is 16.5. The molecule has 0 saturated carbocycles. The van der Waals surface area contributed by atoms with E-state index in [0.717, 1.165) is 18.9 Å². The average Bonchev–Trinajstić information content (AvgIpc) is 3.03. The molecule has 0 aliphatic heterocycles. The van der Waals surface area contributed by atoms with Gasteiger partial charge in [0.05, 0.1) is 12.1 Å². The van der Waals surface area contributed by atoms with E-state index in [1.807, 2.05) is 0 Å². The van der Waals surface area contributed by atoms with Crippen LogP contribution < -0.4 is 15.4 Å². The molecular weight excluding hydrogens is 472 g/mol. The van der Waals surface area contributed by atoms with Gasteiger partial charge >= 0.3 is 6.18 Å². The molecule has 0 fully saturated rings. The van der Waals surface area contributed by atoms with Gasteiger partial charge in [0.1, 0.15) is 11.6 Å². The number of pyridine rings is 1. The summed E-state index contributed by atoms with van der Waals surface area (Å²) in [5.74, 6) is 0.605. The van der Waals surface area contributed by atoms with Crippen LogP contribution in [-0.4, -0.2) is 37.2 Å². The van der Waals surface area contributed by atoms with Crippen LogP contribution >= 0.6 is 35.6 Å². The highest BCUT2D eigenvalue weighted by Gasteiger charge is 2.31. The smallest absolute Gasteiger partial charge is 0.417 e. The Morgan fingerprint density at radius 2 is 2.08 bits per heavy atom. The molecule has 0 atom stereocenters. The molecule has 1 aromatic rings. The summed E-state index contributed by atoms with van der Waals surface area (Å²) in [6.45, 7) is 0.584. The highest BCUT2D eigenvalue weighted by Crippen LogP contribution is 2.32. The van der Waals surface area contributed by atoms with E-state index >= 15 is 0 Å². The van der Waals surface area contributed by atoms with Crippen molar-refractivity contribution in [3.8, 4) is 5.88 Å². The van der Waals surface area contributed by atoms with Crippen molar-refractivity contribution in [2.45, 2.75) is 25.1 Å². The zero-order chi connectivity index (χ0) is 17.6. The molecule has 10 heteroatoms. The van der Waals surface area contributed by atoms with Crippen molar-refractivity contribution in [2.75, 3.05) is 20.2 Å². The normalized spacial score (nSPS) is 15.0. The zero-order valence-electron chi connectivity index (χ0n) is 13.4. The predicted molar refractivity (Wildman–Crippen MR) is 102 cm³/mol. The average molecular weight is 491 g/mol. The minimum absolute atomic E-state index is 0. The van der Waals surface area contributed by atoms with Crippen LogP contribution in [0.1, 0.15) is 18.4 Å². The second-order valence-corrected chi connectivity index (χ2v) is 5.55. The van der Waals surface area contributed by atoms with Gasteiger partial charge in [-0.1, -0.05) is 23.8 Å². The van der Waals surface area contributed by atoms with E-state index in [4.69, 9.17) is 16.3 Å². The minimum atomic E-state index is -4.48. The van der Waals surface area contributed by atoms with Gasteiger partial charge < -0.3 is 15.4 Å². The van der Waals surface area contributed by atoms with Gasteiger partial charge in [0.25, 0.3) is 0 Å². The van der Waals surface area contributed by atoms with E-state index in [-0.39, 0.29) is 41.5 Å². The Labute approximate surface area is 166 Å². The van der Waals surface area contributed by atoms with Crippen LogP contribution in [0, 0.1) is 0 Å². The van der Waals surface area contributed by atoms with Gasteiger partial charge in [-0.05, 0) is 18.9 Å². The number of guanidine groups is 1. The Bertz CT molecular complexity index is 617. The first kappa shape index (κ1) is 21.8. The highest BCUT2D eigenvalue weighted by atomic mass is 127. The minimum Gasteiger partial charge on any atom is -0.475 e. The van der Waals surface area contributed by atoms with Crippen molar-refractivity contribution in [2.24, 2.45) is 4.99 Å². The number of aromatic nitrogens is 1. The molecular formula is C15H19ClF3IN4O. The molecule has 0 bridgehead atoms. The molecule has 2 rings (SSSR count). The number of rotatable bonds is 5. The Kier molecular flexibility index (Phi) is 8.77. The van der Waals surface area contributed by atoms with Crippen molar-refractivity contribution < 1.29 is 17.9 Å². The first-order valence-corrected chi connectivity index (χ1v) is 7.75. The summed E-state index contributed by atoms with van der Waals surface area (Å²) < 4.78 is 42.9.